The Morgan fingerprint density at radius 3 is 2.53 bits per heavy atom. The van der Waals surface area contributed by atoms with Crippen LogP contribution in [0.5, 0.6) is 0 Å². The molecule has 34 heavy (non-hydrogen) atoms. The van der Waals surface area contributed by atoms with Gasteiger partial charge in [0.1, 0.15) is 0 Å². The number of likely N-dealkylation sites (tertiary alicyclic amines) is 1. The van der Waals surface area contributed by atoms with E-state index in [0.29, 0.717) is 37.1 Å². The topological polar surface area (TPSA) is 69.7 Å². The minimum absolute atomic E-state index is 0.0902. The Bertz CT molecular complexity index is 871. The summed E-state index contributed by atoms with van der Waals surface area (Å²) in [5.41, 5.74) is 0.732. The first-order chi connectivity index (χ1) is 16.3. The van der Waals surface area contributed by atoms with E-state index in [1.54, 1.807) is 0 Å². The second-order valence-electron chi connectivity index (χ2n) is 11.2. The molecular formula is C28H41N3O3. The van der Waals surface area contributed by atoms with E-state index < -0.39 is 0 Å². The summed E-state index contributed by atoms with van der Waals surface area (Å²) < 4.78 is 0. The molecule has 2 bridgehead atoms. The zero-order valence-corrected chi connectivity index (χ0v) is 21.0. The number of hydrogen-bond acceptors (Lipinski definition) is 3. The van der Waals surface area contributed by atoms with Crippen molar-refractivity contribution in [3.05, 3.63) is 35.9 Å². The Balaban J connectivity index is 1.50. The van der Waals surface area contributed by atoms with Gasteiger partial charge in [-0.2, -0.15) is 0 Å². The molecule has 0 unspecified atom stereocenters. The molecule has 1 N–H and O–H groups in total. The van der Waals surface area contributed by atoms with Crippen molar-refractivity contribution >= 4 is 17.7 Å². The van der Waals surface area contributed by atoms with Crippen LogP contribution >= 0.6 is 0 Å². The fourth-order valence-corrected chi connectivity index (χ4v) is 6.24. The molecule has 0 aromatic heterocycles. The van der Waals surface area contributed by atoms with Gasteiger partial charge >= 0.3 is 0 Å². The van der Waals surface area contributed by atoms with E-state index in [0.717, 1.165) is 50.8 Å². The number of nitrogens with one attached hydrogen (secondary N) is 1. The van der Waals surface area contributed by atoms with Gasteiger partial charge in [0, 0.05) is 50.1 Å². The van der Waals surface area contributed by atoms with Gasteiger partial charge in [0.25, 0.3) is 5.91 Å². The normalized spacial score (nSPS) is 31.1. The summed E-state index contributed by atoms with van der Waals surface area (Å²) >= 11 is 0. The summed E-state index contributed by atoms with van der Waals surface area (Å²) in [5, 5.41) is 3.25. The first-order valence-corrected chi connectivity index (χ1v) is 13.2. The SMILES string of the molecule is CC(C)[C@@H]1CC[C@@H](C)CC(=O)N2C[C@H]3C[C@H](CN(C(=O)c4ccccc4)C3)[C@@H]2CCCC(=O)N1. The Morgan fingerprint density at radius 2 is 1.79 bits per heavy atom. The number of hydrogen-bond donors (Lipinski definition) is 1. The van der Waals surface area contributed by atoms with Crippen molar-refractivity contribution in [3.8, 4) is 0 Å². The van der Waals surface area contributed by atoms with Crippen molar-refractivity contribution < 1.29 is 14.4 Å². The molecule has 4 rings (SSSR count). The lowest BCUT2D eigenvalue weighted by Crippen LogP contribution is -2.60. The summed E-state index contributed by atoms with van der Waals surface area (Å²) in [6.45, 7) is 8.61. The Kier molecular flexibility index (Phi) is 7.95. The third-order valence-electron chi connectivity index (χ3n) is 8.15. The molecule has 0 radical (unpaired) electrons. The average Bonchev–Trinajstić information content (AvgIpc) is 2.82. The highest BCUT2D eigenvalue weighted by Crippen LogP contribution is 2.37. The van der Waals surface area contributed by atoms with Gasteiger partial charge in [-0.1, -0.05) is 39.0 Å². The fourth-order valence-electron chi connectivity index (χ4n) is 6.24. The first-order valence-electron chi connectivity index (χ1n) is 13.2. The second kappa shape index (κ2) is 10.9. The maximum Gasteiger partial charge on any atom is 0.253 e. The molecule has 5 atom stereocenters. The molecule has 1 aromatic rings. The standard InChI is InChI=1S/C28H41N3O3/c1-19(2)24-13-12-20(3)14-27(33)31-17-21-15-23(25(31)10-7-11-26(32)29-24)18-30(16-21)28(34)22-8-5-4-6-9-22/h4-6,8-9,19-21,23-25H,7,10-18H2,1-3H3,(H,29,32)/t20-,21+,23-,24+,25+/m1/s1. The van der Waals surface area contributed by atoms with E-state index in [-0.39, 0.29) is 35.7 Å². The molecule has 3 amide bonds. The lowest BCUT2D eigenvalue weighted by Gasteiger charge is -2.51. The lowest BCUT2D eigenvalue weighted by molar-refractivity contribution is -0.141. The first kappa shape index (κ1) is 24.7. The van der Waals surface area contributed by atoms with Gasteiger partial charge < -0.3 is 15.1 Å². The minimum Gasteiger partial charge on any atom is -0.353 e. The summed E-state index contributed by atoms with van der Waals surface area (Å²) in [7, 11) is 0. The van der Waals surface area contributed by atoms with Crippen LogP contribution in [-0.4, -0.2) is 59.2 Å². The predicted octanol–water partition coefficient (Wildman–Crippen LogP) is 4.11. The van der Waals surface area contributed by atoms with Crippen LogP contribution < -0.4 is 5.32 Å². The molecule has 3 saturated heterocycles. The molecule has 3 heterocycles. The Labute approximate surface area is 204 Å². The van der Waals surface area contributed by atoms with Gasteiger partial charge in [-0.25, -0.2) is 0 Å². The van der Waals surface area contributed by atoms with E-state index in [4.69, 9.17) is 0 Å². The van der Waals surface area contributed by atoms with Crippen LogP contribution in [0, 0.1) is 23.7 Å². The highest BCUT2D eigenvalue weighted by atomic mass is 16.2. The molecule has 3 aliphatic heterocycles. The maximum atomic E-state index is 13.5. The Hall–Kier alpha value is -2.37. The van der Waals surface area contributed by atoms with Crippen LogP contribution in [0.25, 0.3) is 0 Å². The zero-order valence-electron chi connectivity index (χ0n) is 21.0. The van der Waals surface area contributed by atoms with Gasteiger partial charge in [0.2, 0.25) is 11.8 Å². The number of amides is 3. The van der Waals surface area contributed by atoms with Crippen LogP contribution in [0.3, 0.4) is 0 Å². The number of carbonyl (C=O) groups is 3. The second-order valence-corrected chi connectivity index (χ2v) is 11.2. The van der Waals surface area contributed by atoms with Gasteiger partial charge in [0.05, 0.1) is 0 Å². The van der Waals surface area contributed by atoms with Crippen molar-refractivity contribution in [2.45, 2.75) is 77.8 Å². The average molecular weight is 468 g/mol. The van der Waals surface area contributed by atoms with Crippen molar-refractivity contribution in [2.24, 2.45) is 23.7 Å². The van der Waals surface area contributed by atoms with Gasteiger partial charge in [-0.15, -0.1) is 0 Å². The molecule has 186 valence electrons. The third-order valence-corrected chi connectivity index (χ3v) is 8.15. The molecule has 0 saturated carbocycles. The van der Waals surface area contributed by atoms with Crippen LogP contribution in [-0.2, 0) is 9.59 Å². The molecule has 1 aromatic carbocycles. The maximum absolute atomic E-state index is 13.5. The summed E-state index contributed by atoms with van der Waals surface area (Å²) in [5.74, 6) is 1.76. The van der Waals surface area contributed by atoms with Crippen LogP contribution in [0.2, 0.25) is 0 Å². The summed E-state index contributed by atoms with van der Waals surface area (Å²) in [4.78, 5) is 43.4. The van der Waals surface area contributed by atoms with Gasteiger partial charge in [0.15, 0.2) is 0 Å². The molecule has 6 heteroatoms. The van der Waals surface area contributed by atoms with E-state index in [2.05, 4.69) is 31.0 Å². The third kappa shape index (κ3) is 5.81. The van der Waals surface area contributed by atoms with Crippen molar-refractivity contribution in [1.82, 2.24) is 15.1 Å². The number of piperidine rings is 2. The zero-order chi connectivity index (χ0) is 24.2. The van der Waals surface area contributed by atoms with E-state index >= 15 is 0 Å². The minimum atomic E-state index is 0.0902. The monoisotopic (exact) mass is 467 g/mol. The van der Waals surface area contributed by atoms with Gasteiger partial charge in [-0.05, 0) is 67.9 Å². The molecule has 3 aliphatic rings. The molecule has 0 aliphatic carbocycles. The van der Waals surface area contributed by atoms with Crippen LogP contribution in [0.1, 0.15) is 76.1 Å². The quantitative estimate of drug-likeness (QED) is 0.712. The van der Waals surface area contributed by atoms with E-state index in [9.17, 15) is 14.4 Å². The smallest absolute Gasteiger partial charge is 0.253 e. The molecule has 6 nitrogen and oxygen atoms in total. The number of fused-ring (bicyclic) bond motifs is 4. The highest BCUT2D eigenvalue weighted by Gasteiger charge is 2.43. The number of rotatable bonds is 2. The van der Waals surface area contributed by atoms with E-state index in [1.807, 2.05) is 35.2 Å². The number of nitrogens with zero attached hydrogens (tertiary/aromatic N) is 2. The lowest BCUT2D eigenvalue weighted by atomic mass is 9.77. The van der Waals surface area contributed by atoms with Crippen molar-refractivity contribution in [1.29, 1.82) is 0 Å². The Morgan fingerprint density at radius 1 is 1.03 bits per heavy atom. The fraction of sp³-hybridized carbons (Fsp3) is 0.679. The number of benzene rings is 1. The molecule has 3 fully saturated rings. The van der Waals surface area contributed by atoms with Gasteiger partial charge in [-0.3, -0.25) is 14.4 Å². The van der Waals surface area contributed by atoms with Crippen molar-refractivity contribution in [3.63, 3.8) is 0 Å². The van der Waals surface area contributed by atoms with Crippen LogP contribution in [0.15, 0.2) is 30.3 Å². The van der Waals surface area contributed by atoms with Crippen molar-refractivity contribution in [2.75, 3.05) is 19.6 Å². The largest absolute Gasteiger partial charge is 0.353 e. The molecular weight excluding hydrogens is 426 g/mol. The number of carbonyl (C=O) groups excluding carboxylic acids is 3. The van der Waals surface area contributed by atoms with Crippen LogP contribution in [0.4, 0.5) is 0 Å². The summed E-state index contributed by atoms with van der Waals surface area (Å²) in [6.07, 6.45) is 5.59. The van der Waals surface area contributed by atoms with E-state index in [1.165, 1.54) is 0 Å². The summed E-state index contributed by atoms with van der Waals surface area (Å²) in [6, 6.07) is 9.78. The highest BCUT2D eigenvalue weighted by molar-refractivity contribution is 5.94. The molecule has 0 spiro atoms. The predicted molar refractivity (Wildman–Crippen MR) is 133 cm³/mol.